The van der Waals surface area contributed by atoms with Crippen molar-refractivity contribution >= 4 is 29.9 Å². The van der Waals surface area contributed by atoms with Crippen LogP contribution in [0.15, 0.2) is 4.99 Å². The Labute approximate surface area is 151 Å². The highest BCUT2D eigenvalue weighted by atomic mass is 127. The van der Waals surface area contributed by atoms with E-state index in [0.717, 1.165) is 18.2 Å². The molecule has 1 fully saturated rings. The smallest absolute Gasteiger partial charge is 0.191 e. The molecule has 0 atom stereocenters. The Morgan fingerprint density at radius 2 is 1.95 bits per heavy atom. The van der Waals surface area contributed by atoms with E-state index in [9.17, 15) is 0 Å². The van der Waals surface area contributed by atoms with Crippen LogP contribution in [0.5, 0.6) is 0 Å². The lowest BCUT2D eigenvalue weighted by molar-refractivity contribution is 0.410. The predicted octanol–water partition coefficient (Wildman–Crippen LogP) is 3.04. The van der Waals surface area contributed by atoms with Gasteiger partial charge in [-0.15, -0.1) is 24.0 Å². The van der Waals surface area contributed by atoms with Gasteiger partial charge in [0.2, 0.25) is 0 Å². The molecule has 1 aromatic heterocycles. The van der Waals surface area contributed by atoms with Crippen molar-refractivity contribution in [3.63, 3.8) is 0 Å². The van der Waals surface area contributed by atoms with Crippen LogP contribution in [-0.4, -0.2) is 28.3 Å². The fourth-order valence-corrected chi connectivity index (χ4v) is 2.96. The molecule has 0 unspecified atom stereocenters. The molecule has 1 saturated carbocycles. The van der Waals surface area contributed by atoms with E-state index in [1.54, 1.807) is 0 Å². The van der Waals surface area contributed by atoms with Crippen molar-refractivity contribution in [2.45, 2.75) is 65.5 Å². The van der Waals surface area contributed by atoms with Crippen molar-refractivity contribution in [3.05, 3.63) is 17.0 Å². The molecular formula is C16H30IN5. The van der Waals surface area contributed by atoms with Gasteiger partial charge >= 0.3 is 0 Å². The number of hydrogen-bond donors (Lipinski definition) is 2. The van der Waals surface area contributed by atoms with Crippen LogP contribution in [0, 0.1) is 13.8 Å². The molecule has 0 saturated heterocycles. The zero-order valence-corrected chi connectivity index (χ0v) is 16.6. The molecule has 0 aromatic carbocycles. The number of aryl methyl sites for hydroxylation is 2. The van der Waals surface area contributed by atoms with Crippen molar-refractivity contribution in [2.24, 2.45) is 12.0 Å². The normalized spacial score (nSPS) is 16.3. The highest BCUT2D eigenvalue weighted by Gasteiger charge is 2.15. The number of rotatable bonds is 4. The number of halogens is 1. The SMILES string of the molecule is CCNC(=NCc1c(C)nn(C)c1C)NC1CCCCC1.I. The van der Waals surface area contributed by atoms with Gasteiger partial charge in [0.25, 0.3) is 0 Å². The standard InChI is InChI=1S/C16H29N5.HI/c1-5-17-16(19-14-9-7-6-8-10-14)18-11-15-12(2)20-21(4)13(15)3;/h14H,5-11H2,1-4H3,(H2,17,18,19);1H. The van der Waals surface area contributed by atoms with Crippen molar-refractivity contribution in [1.82, 2.24) is 20.4 Å². The molecule has 0 amide bonds. The first-order valence-corrected chi connectivity index (χ1v) is 8.15. The van der Waals surface area contributed by atoms with Crippen LogP contribution in [-0.2, 0) is 13.6 Å². The van der Waals surface area contributed by atoms with Gasteiger partial charge in [0.1, 0.15) is 0 Å². The summed E-state index contributed by atoms with van der Waals surface area (Å²) < 4.78 is 1.93. The lowest BCUT2D eigenvalue weighted by Crippen LogP contribution is -2.44. The summed E-state index contributed by atoms with van der Waals surface area (Å²) in [5, 5.41) is 11.4. The number of guanidine groups is 1. The molecule has 1 aliphatic rings. The average molecular weight is 419 g/mol. The number of aromatic nitrogens is 2. The van der Waals surface area contributed by atoms with Crippen molar-refractivity contribution < 1.29 is 0 Å². The van der Waals surface area contributed by atoms with Gasteiger partial charge in [-0.25, -0.2) is 4.99 Å². The molecule has 2 N–H and O–H groups in total. The second-order valence-corrected chi connectivity index (χ2v) is 5.95. The molecule has 1 heterocycles. The summed E-state index contributed by atoms with van der Waals surface area (Å²) >= 11 is 0. The Balaban J connectivity index is 0.00000242. The molecule has 22 heavy (non-hydrogen) atoms. The molecule has 126 valence electrons. The van der Waals surface area contributed by atoms with Crippen LogP contribution in [0.25, 0.3) is 0 Å². The second kappa shape index (κ2) is 9.37. The van der Waals surface area contributed by atoms with E-state index in [2.05, 4.69) is 36.5 Å². The quantitative estimate of drug-likeness (QED) is 0.448. The minimum Gasteiger partial charge on any atom is -0.357 e. The van der Waals surface area contributed by atoms with Crippen LogP contribution in [0.2, 0.25) is 0 Å². The first kappa shape index (κ1) is 19.3. The predicted molar refractivity (Wildman–Crippen MR) is 103 cm³/mol. The highest BCUT2D eigenvalue weighted by Crippen LogP contribution is 2.17. The average Bonchev–Trinajstić information content (AvgIpc) is 2.71. The second-order valence-electron chi connectivity index (χ2n) is 5.95. The van der Waals surface area contributed by atoms with Gasteiger partial charge in [-0.05, 0) is 33.6 Å². The number of nitrogens with one attached hydrogen (secondary N) is 2. The van der Waals surface area contributed by atoms with E-state index in [1.807, 2.05) is 11.7 Å². The zero-order valence-electron chi connectivity index (χ0n) is 14.3. The van der Waals surface area contributed by atoms with Crippen molar-refractivity contribution in [1.29, 1.82) is 0 Å². The Hall–Kier alpha value is -0.790. The van der Waals surface area contributed by atoms with Gasteiger partial charge in [-0.2, -0.15) is 5.10 Å². The van der Waals surface area contributed by atoms with Crippen LogP contribution in [0.1, 0.15) is 56.0 Å². The molecule has 6 heteroatoms. The molecule has 1 aromatic rings. The molecule has 0 bridgehead atoms. The molecular weight excluding hydrogens is 389 g/mol. The molecule has 5 nitrogen and oxygen atoms in total. The van der Waals surface area contributed by atoms with E-state index < -0.39 is 0 Å². The third-order valence-electron chi connectivity index (χ3n) is 4.34. The number of hydrogen-bond acceptors (Lipinski definition) is 2. The third-order valence-corrected chi connectivity index (χ3v) is 4.34. The van der Waals surface area contributed by atoms with Gasteiger partial charge < -0.3 is 10.6 Å². The largest absolute Gasteiger partial charge is 0.357 e. The van der Waals surface area contributed by atoms with Crippen LogP contribution in [0.3, 0.4) is 0 Å². The van der Waals surface area contributed by atoms with E-state index in [-0.39, 0.29) is 24.0 Å². The van der Waals surface area contributed by atoms with Gasteiger partial charge in [0.05, 0.1) is 12.2 Å². The third kappa shape index (κ3) is 5.14. The highest BCUT2D eigenvalue weighted by molar-refractivity contribution is 14.0. The summed E-state index contributed by atoms with van der Waals surface area (Å²) in [6, 6.07) is 0.577. The van der Waals surface area contributed by atoms with Crippen molar-refractivity contribution in [3.8, 4) is 0 Å². The minimum atomic E-state index is 0. The fraction of sp³-hybridized carbons (Fsp3) is 0.750. The van der Waals surface area contributed by atoms with Gasteiger partial charge in [0, 0.05) is 30.9 Å². The first-order chi connectivity index (χ1) is 10.1. The van der Waals surface area contributed by atoms with E-state index in [4.69, 9.17) is 4.99 Å². The molecule has 1 aliphatic carbocycles. The number of aliphatic imine (C=N–C) groups is 1. The Morgan fingerprint density at radius 1 is 1.27 bits per heavy atom. The first-order valence-electron chi connectivity index (χ1n) is 8.15. The molecule has 2 rings (SSSR count). The molecule has 0 spiro atoms. The molecule has 0 aliphatic heterocycles. The maximum Gasteiger partial charge on any atom is 0.191 e. The van der Waals surface area contributed by atoms with E-state index in [1.165, 1.54) is 43.4 Å². The maximum absolute atomic E-state index is 4.75. The van der Waals surface area contributed by atoms with Gasteiger partial charge in [-0.3, -0.25) is 4.68 Å². The summed E-state index contributed by atoms with van der Waals surface area (Å²) in [6.07, 6.45) is 6.56. The fourth-order valence-electron chi connectivity index (χ4n) is 2.96. The zero-order chi connectivity index (χ0) is 15.2. The Kier molecular flexibility index (Phi) is 8.20. The van der Waals surface area contributed by atoms with E-state index in [0.29, 0.717) is 12.6 Å². The lowest BCUT2D eigenvalue weighted by Gasteiger charge is -2.24. The maximum atomic E-state index is 4.75. The topological polar surface area (TPSA) is 54.2 Å². The summed E-state index contributed by atoms with van der Waals surface area (Å²) in [5.41, 5.74) is 3.51. The Bertz CT molecular complexity index is 489. The van der Waals surface area contributed by atoms with Crippen LogP contribution >= 0.6 is 24.0 Å². The Morgan fingerprint density at radius 3 is 2.50 bits per heavy atom. The summed E-state index contributed by atoms with van der Waals surface area (Å²) in [5.74, 6) is 0.937. The van der Waals surface area contributed by atoms with Crippen LogP contribution in [0.4, 0.5) is 0 Å². The number of nitrogens with zero attached hydrogens (tertiary/aromatic N) is 3. The van der Waals surface area contributed by atoms with Crippen molar-refractivity contribution in [2.75, 3.05) is 6.54 Å². The molecule has 0 radical (unpaired) electrons. The van der Waals surface area contributed by atoms with Crippen LogP contribution < -0.4 is 10.6 Å². The van der Waals surface area contributed by atoms with E-state index >= 15 is 0 Å². The minimum absolute atomic E-state index is 0. The summed E-state index contributed by atoms with van der Waals surface area (Å²) in [7, 11) is 1.99. The summed E-state index contributed by atoms with van der Waals surface area (Å²) in [6.45, 7) is 7.85. The van der Waals surface area contributed by atoms with Gasteiger partial charge in [-0.1, -0.05) is 19.3 Å². The summed E-state index contributed by atoms with van der Waals surface area (Å²) in [4.78, 5) is 4.75. The lowest BCUT2D eigenvalue weighted by atomic mass is 9.96. The monoisotopic (exact) mass is 419 g/mol. The van der Waals surface area contributed by atoms with Gasteiger partial charge in [0.15, 0.2) is 5.96 Å².